The topological polar surface area (TPSA) is 46.3 Å². The lowest BCUT2D eigenvalue weighted by Gasteiger charge is -2.21. The van der Waals surface area contributed by atoms with E-state index in [0.717, 1.165) is 12.8 Å². The van der Waals surface area contributed by atoms with Gasteiger partial charge >= 0.3 is 0 Å². The van der Waals surface area contributed by atoms with Crippen LogP contribution in [0.15, 0.2) is 34.9 Å². The molecule has 0 unspecified atom stereocenters. The minimum Gasteiger partial charge on any atom is -0.351 e. The average Bonchev–Trinajstić information content (AvgIpc) is 3.18. The number of aromatic nitrogens is 1. The summed E-state index contributed by atoms with van der Waals surface area (Å²) in [4.78, 5) is 14.1. The number of carbonyl (C=O) groups is 1. The summed E-state index contributed by atoms with van der Waals surface area (Å²) in [6.07, 6.45) is 1.90. The Hall–Kier alpha value is -2.17. The first kappa shape index (κ1) is 12.8. The zero-order valence-corrected chi connectivity index (χ0v) is 11.2. The van der Waals surface area contributed by atoms with Crippen molar-refractivity contribution in [2.75, 3.05) is 0 Å². The number of hydrogen-bond donors (Lipinski definition) is 0. The first-order valence-corrected chi connectivity index (χ1v) is 6.63. The van der Waals surface area contributed by atoms with Crippen LogP contribution in [0.2, 0.25) is 0 Å². The van der Waals surface area contributed by atoms with Gasteiger partial charge in [0.2, 0.25) is 5.76 Å². The highest BCUT2D eigenvalue weighted by atomic mass is 19.1. The van der Waals surface area contributed by atoms with Crippen LogP contribution in [-0.4, -0.2) is 22.0 Å². The minimum absolute atomic E-state index is 0.174. The van der Waals surface area contributed by atoms with Gasteiger partial charge in [-0.15, -0.1) is 0 Å². The SMILES string of the molecule is Cc1cc(C(=O)N(Cc2ccccc2F)C2CC2)on1. The van der Waals surface area contributed by atoms with Crippen molar-refractivity contribution >= 4 is 5.91 Å². The van der Waals surface area contributed by atoms with Crippen LogP contribution in [0.4, 0.5) is 4.39 Å². The highest BCUT2D eigenvalue weighted by molar-refractivity contribution is 5.91. The van der Waals surface area contributed by atoms with Crippen molar-refractivity contribution in [1.82, 2.24) is 10.1 Å². The molecule has 0 spiro atoms. The molecule has 1 heterocycles. The van der Waals surface area contributed by atoms with Crippen molar-refractivity contribution < 1.29 is 13.7 Å². The standard InChI is InChI=1S/C15H15FN2O2/c1-10-8-14(20-17-10)15(19)18(12-6-7-12)9-11-4-2-3-5-13(11)16/h2-5,8,12H,6-7,9H2,1H3. The van der Waals surface area contributed by atoms with Gasteiger partial charge in [0.05, 0.1) is 5.69 Å². The fourth-order valence-electron chi connectivity index (χ4n) is 2.17. The fraction of sp³-hybridized carbons (Fsp3) is 0.333. The van der Waals surface area contributed by atoms with Gasteiger partial charge in [0.1, 0.15) is 5.82 Å². The van der Waals surface area contributed by atoms with Gasteiger partial charge in [0, 0.05) is 24.2 Å². The molecule has 4 nitrogen and oxygen atoms in total. The number of rotatable bonds is 4. The third-order valence-corrected chi connectivity index (χ3v) is 3.39. The molecular formula is C15H15FN2O2. The molecule has 1 aromatic carbocycles. The Morgan fingerprint density at radius 3 is 2.80 bits per heavy atom. The van der Waals surface area contributed by atoms with Crippen LogP contribution >= 0.6 is 0 Å². The van der Waals surface area contributed by atoms with E-state index in [4.69, 9.17) is 4.52 Å². The van der Waals surface area contributed by atoms with Gasteiger partial charge in [-0.2, -0.15) is 0 Å². The van der Waals surface area contributed by atoms with E-state index in [1.54, 1.807) is 36.1 Å². The molecule has 104 valence electrons. The van der Waals surface area contributed by atoms with Crippen LogP contribution in [0.3, 0.4) is 0 Å². The highest BCUT2D eigenvalue weighted by Gasteiger charge is 2.35. The van der Waals surface area contributed by atoms with Crippen molar-refractivity contribution in [2.45, 2.75) is 32.4 Å². The molecular weight excluding hydrogens is 259 g/mol. The lowest BCUT2D eigenvalue weighted by molar-refractivity contribution is 0.0686. The van der Waals surface area contributed by atoms with E-state index in [1.807, 2.05) is 0 Å². The maximum atomic E-state index is 13.7. The Morgan fingerprint density at radius 1 is 1.45 bits per heavy atom. The van der Waals surface area contributed by atoms with Crippen LogP contribution in [0.5, 0.6) is 0 Å². The smallest absolute Gasteiger partial charge is 0.293 e. The minimum atomic E-state index is -0.292. The van der Waals surface area contributed by atoms with E-state index >= 15 is 0 Å². The second kappa shape index (κ2) is 5.07. The molecule has 0 bridgehead atoms. The van der Waals surface area contributed by atoms with Gasteiger partial charge in [-0.05, 0) is 25.8 Å². The molecule has 0 N–H and O–H groups in total. The number of halogens is 1. The Morgan fingerprint density at radius 2 is 2.20 bits per heavy atom. The Kier molecular flexibility index (Phi) is 3.26. The molecule has 20 heavy (non-hydrogen) atoms. The summed E-state index contributed by atoms with van der Waals surface area (Å²) in [5.41, 5.74) is 1.18. The molecule has 2 aromatic rings. The Bertz CT molecular complexity index is 634. The number of nitrogens with zero attached hydrogens (tertiary/aromatic N) is 2. The molecule has 0 saturated heterocycles. The third kappa shape index (κ3) is 2.57. The first-order chi connectivity index (χ1) is 9.65. The fourth-order valence-corrected chi connectivity index (χ4v) is 2.17. The lowest BCUT2D eigenvalue weighted by Crippen LogP contribution is -2.32. The van der Waals surface area contributed by atoms with Crippen molar-refractivity contribution in [3.63, 3.8) is 0 Å². The van der Waals surface area contributed by atoms with Gasteiger partial charge in [0.15, 0.2) is 0 Å². The summed E-state index contributed by atoms with van der Waals surface area (Å²) in [6.45, 7) is 2.02. The first-order valence-electron chi connectivity index (χ1n) is 6.63. The van der Waals surface area contributed by atoms with E-state index in [2.05, 4.69) is 5.16 Å². The summed E-state index contributed by atoms with van der Waals surface area (Å²) in [6, 6.07) is 8.30. The average molecular weight is 274 g/mol. The summed E-state index contributed by atoms with van der Waals surface area (Å²) in [5, 5.41) is 3.73. The number of hydrogen-bond acceptors (Lipinski definition) is 3. The highest BCUT2D eigenvalue weighted by Crippen LogP contribution is 2.30. The predicted octanol–water partition coefficient (Wildman–Crippen LogP) is 2.93. The maximum Gasteiger partial charge on any atom is 0.293 e. The second-order valence-electron chi connectivity index (χ2n) is 5.09. The van der Waals surface area contributed by atoms with Crippen LogP contribution in [-0.2, 0) is 6.54 Å². The number of carbonyl (C=O) groups excluding carboxylic acids is 1. The van der Waals surface area contributed by atoms with E-state index in [9.17, 15) is 9.18 Å². The molecule has 1 aromatic heterocycles. The quantitative estimate of drug-likeness (QED) is 0.861. The van der Waals surface area contributed by atoms with Crippen molar-refractivity contribution in [3.05, 3.63) is 53.2 Å². The zero-order chi connectivity index (χ0) is 14.1. The molecule has 0 radical (unpaired) electrons. The maximum absolute atomic E-state index is 13.7. The van der Waals surface area contributed by atoms with Crippen LogP contribution in [0.1, 0.15) is 34.7 Å². The van der Waals surface area contributed by atoms with Crippen LogP contribution < -0.4 is 0 Å². The molecule has 1 amide bonds. The number of benzene rings is 1. The van der Waals surface area contributed by atoms with Gasteiger partial charge in [-0.1, -0.05) is 23.4 Å². The molecule has 1 fully saturated rings. The molecule has 1 aliphatic carbocycles. The van der Waals surface area contributed by atoms with Crippen LogP contribution in [0.25, 0.3) is 0 Å². The van der Waals surface area contributed by atoms with Crippen LogP contribution in [0, 0.1) is 12.7 Å². The van der Waals surface area contributed by atoms with E-state index in [0.29, 0.717) is 11.3 Å². The van der Waals surface area contributed by atoms with E-state index in [1.165, 1.54) is 6.07 Å². The van der Waals surface area contributed by atoms with Crippen molar-refractivity contribution in [1.29, 1.82) is 0 Å². The van der Waals surface area contributed by atoms with Crippen molar-refractivity contribution in [2.24, 2.45) is 0 Å². The predicted molar refractivity (Wildman–Crippen MR) is 70.5 cm³/mol. The Labute approximate surface area is 116 Å². The summed E-state index contributed by atoms with van der Waals surface area (Å²) < 4.78 is 18.7. The second-order valence-corrected chi connectivity index (χ2v) is 5.09. The van der Waals surface area contributed by atoms with Gasteiger partial charge in [0.25, 0.3) is 5.91 Å². The molecule has 1 saturated carbocycles. The monoisotopic (exact) mass is 274 g/mol. The third-order valence-electron chi connectivity index (χ3n) is 3.39. The van der Waals surface area contributed by atoms with Gasteiger partial charge < -0.3 is 9.42 Å². The molecule has 5 heteroatoms. The molecule has 3 rings (SSSR count). The Balaban J connectivity index is 1.83. The van der Waals surface area contributed by atoms with Crippen molar-refractivity contribution in [3.8, 4) is 0 Å². The van der Waals surface area contributed by atoms with E-state index < -0.39 is 0 Å². The molecule has 0 aliphatic heterocycles. The molecule has 1 aliphatic rings. The summed E-state index contributed by atoms with van der Waals surface area (Å²) in [7, 11) is 0. The largest absolute Gasteiger partial charge is 0.351 e. The normalized spacial score (nSPS) is 14.3. The molecule has 0 atom stereocenters. The summed E-state index contributed by atoms with van der Waals surface area (Å²) >= 11 is 0. The number of aryl methyl sites for hydroxylation is 1. The van der Waals surface area contributed by atoms with E-state index in [-0.39, 0.29) is 30.1 Å². The van der Waals surface area contributed by atoms with Gasteiger partial charge in [-0.3, -0.25) is 4.79 Å². The zero-order valence-electron chi connectivity index (χ0n) is 11.2. The summed E-state index contributed by atoms with van der Waals surface area (Å²) in [5.74, 6) is -0.304. The number of amides is 1. The van der Waals surface area contributed by atoms with Gasteiger partial charge in [-0.25, -0.2) is 4.39 Å². The lowest BCUT2D eigenvalue weighted by atomic mass is 10.2.